The molecule has 0 aromatic heterocycles. The Labute approximate surface area is 224 Å². The highest BCUT2D eigenvalue weighted by Gasteiger charge is 2.25. The summed E-state index contributed by atoms with van der Waals surface area (Å²) in [4.78, 5) is 34.1. The summed E-state index contributed by atoms with van der Waals surface area (Å²) in [6, 6.07) is 0. The van der Waals surface area contributed by atoms with Gasteiger partial charge in [-0.25, -0.2) is 4.57 Å². The lowest BCUT2D eigenvalue weighted by molar-refractivity contribution is -0.161. The maximum Gasteiger partial charge on any atom is 0.472 e. The van der Waals surface area contributed by atoms with Crippen LogP contribution in [0.3, 0.4) is 0 Å². The van der Waals surface area contributed by atoms with Gasteiger partial charge in [0.05, 0.1) is 13.2 Å². The quantitative estimate of drug-likeness (QED) is 0.0439. The number of carbonyl (C=O) groups excluding carboxylic acids is 2. The smallest absolute Gasteiger partial charge is 0.462 e. The van der Waals surface area contributed by atoms with E-state index in [1.807, 2.05) is 0 Å². The zero-order chi connectivity index (χ0) is 27.6. The van der Waals surface area contributed by atoms with Crippen molar-refractivity contribution in [2.45, 2.75) is 109 Å². The Kier molecular flexibility index (Phi) is 24.2. The van der Waals surface area contributed by atoms with Crippen molar-refractivity contribution < 1.29 is 37.6 Å². The molecule has 0 amide bonds. The summed E-state index contributed by atoms with van der Waals surface area (Å²) in [5.41, 5.74) is 5.28. The molecule has 0 aromatic rings. The van der Waals surface area contributed by atoms with Crippen molar-refractivity contribution in [2.24, 2.45) is 5.73 Å². The minimum Gasteiger partial charge on any atom is -0.462 e. The van der Waals surface area contributed by atoms with Crippen LogP contribution in [0, 0.1) is 13.8 Å². The van der Waals surface area contributed by atoms with Gasteiger partial charge in [-0.2, -0.15) is 12.8 Å². The lowest BCUT2D eigenvalue weighted by Gasteiger charge is -2.19. The van der Waals surface area contributed by atoms with Crippen molar-refractivity contribution in [1.82, 2.24) is 0 Å². The molecule has 37 heavy (non-hydrogen) atoms. The number of unbranched alkanes of at least 4 members (excludes halogenated alkanes) is 11. The molecule has 0 aliphatic rings. The van der Waals surface area contributed by atoms with E-state index in [-0.39, 0.29) is 32.6 Å². The van der Waals surface area contributed by atoms with E-state index in [0.29, 0.717) is 6.42 Å². The number of nitrogens with two attached hydrogens (primary N) is 1. The minimum atomic E-state index is -4.36. The van der Waals surface area contributed by atoms with Crippen molar-refractivity contribution in [3.05, 3.63) is 26.0 Å². The molecule has 218 valence electrons. The molecule has 0 saturated heterocycles. The molecule has 10 heteroatoms. The number of esters is 2. The van der Waals surface area contributed by atoms with Crippen LogP contribution in [0.1, 0.15) is 103 Å². The first-order valence-corrected chi connectivity index (χ1v) is 15.2. The highest BCUT2D eigenvalue weighted by Crippen LogP contribution is 2.43. The third kappa shape index (κ3) is 24.8. The zero-order valence-corrected chi connectivity index (χ0v) is 23.5. The van der Waals surface area contributed by atoms with E-state index in [4.69, 9.17) is 24.3 Å². The van der Waals surface area contributed by atoms with Crippen molar-refractivity contribution >= 4 is 19.8 Å². The van der Waals surface area contributed by atoms with Crippen LogP contribution in [0.15, 0.2) is 12.2 Å². The Morgan fingerprint density at radius 3 is 2.03 bits per heavy atom. The summed E-state index contributed by atoms with van der Waals surface area (Å²) in [6.45, 7) is 6.78. The molecule has 0 rings (SSSR count). The molecular formula is C27H50NO8P-2. The SMILES string of the molecule is [CH2-]C/C=C\CCCCCCCC(=O)O[C@H](COC(=O)CCCCCCCC[CH2-])COP(=O)(O)OCCN. The van der Waals surface area contributed by atoms with Crippen LogP contribution in [0.5, 0.6) is 0 Å². The third-order valence-electron chi connectivity index (χ3n) is 5.49. The van der Waals surface area contributed by atoms with Gasteiger partial charge in [-0.1, -0.05) is 57.4 Å². The lowest BCUT2D eigenvalue weighted by atomic mass is 10.1. The summed E-state index contributed by atoms with van der Waals surface area (Å²) in [7, 11) is -4.36. The van der Waals surface area contributed by atoms with Crippen LogP contribution >= 0.6 is 7.82 Å². The fourth-order valence-electron chi connectivity index (χ4n) is 3.45. The van der Waals surface area contributed by atoms with Gasteiger partial charge in [-0.05, 0) is 25.7 Å². The highest BCUT2D eigenvalue weighted by atomic mass is 31.2. The molecule has 0 aliphatic carbocycles. The normalized spacial score (nSPS) is 13.9. The number of phosphoric acid groups is 1. The second-order valence-corrected chi connectivity index (χ2v) is 10.4. The molecule has 0 spiro atoms. The van der Waals surface area contributed by atoms with Gasteiger partial charge in [-0.3, -0.25) is 18.6 Å². The molecule has 0 bridgehead atoms. The summed E-state index contributed by atoms with van der Waals surface area (Å²) >= 11 is 0. The number of ether oxygens (including phenoxy) is 2. The van der Waals surface area contributed by atoms with Gasteiger partial charge in [0.25, 0.3) is 0 Å². The fourth-order valence-corrected chi connectivity index (χ4v) is 4.22. The van der Waals surface area contributed by atoms with Gasteiger partial charge in [0.1, 0.15) is 6.61 Å². The predicted molar refractivity (Wildman–Crippen MR) is 145 cm³/mol. The van der Waals surface area contributed by atoms with E-state index >= 15 is 0 Å². The number of allylic oxidation sites excluding steroid dienone is 2. The Bertz CT molecular complexity index is 644. The van der Waals surface area contributed by atoms with Crippen LogP contribution in [0.4, 0.5) is 0 Å². The highest BCUT2D eigenvalue weighted by molar-refractivity contribution is 7.47. The first-order valence-electron chi connectivity index (χ1n) is 13.7. The fraction of sp³-hybridized carbons (Fsp3) is 0.778. The van der Waals surface area contributed by atoms with Crippen molar-refractivity contribution in [2.75, 3.05) is 26.4 Å². The second kappa shape index (κ2) is 25.1. The Morgan fingerprint density at radius 2 is 1.41 bits per heavy atom. The largest absolute Gasteiger partial charge is 0.472 e. The number of hydrogen-bond donors (Lipinski definition) is 2. The van der Waals surface area contributed by atoms with Crippen LogP contribution in [0.2, 0.25) is 0 Å². The maximum atomic E-state index is 12.3. The Hall–Kier alpha value is -1.25. The number of hydrogen-bond acceptors (Lipinski definition) is 8. The first kappa shape index (κ1) is 35.8. The summed E-state index contributed by atoms with van der Waals surface area (Å²) in [5, 5.41) is 0. The van der Waals surface area contributed by atoms with Gasteiger partial charge in [0.15, 0.2) is 6.10 Å². The van der Waals surface area contributed by atoms with Crippen LogP contribution < -0.4 is 5.73 Å². The van der Waals surface area contributed by atoms with E-state index in [9.17, 15) is 19.0 Å². The van der Waals surface area contributed by atoms with Crippen LogP contribution in [-0.4, -0.2) is 49.3 Å². The second-order valence-electron chi connectivity index (χ2n) is 8.97. The number of carbonyl (C=O) groups is 2. The van der Waals surface area contributed by atoms with Crippen molar-refractivity contribution in [3.63, 3.8) is 0 Å². The van der Waals surface area contributed by atoms with Crippen LogP contribution in [-0.2, 0) is 32.7 Å². The van der Waals surface area contributed by atoms with Gasteiger partial charge >= 0.3 is 19.8 Å². The molecule has 9 nitrogen and oxygen atoms in total. The van der Waals surface area contributed by atoms with Gasteiger partial charge < -0.3 is 33.9 Å². The standard InChI is InChI=1S/C27H50NO8P/c1-3-5-7-9-11-12-14-16-18-20-27(30)36-25(24-35-37(31,32)34-22-21-28)23-33-26(29)19-17-15-13-10-8-6-4-2/h5,7,25H,1-4,6,8-24,28H2,(H,31,32)/q-2/b7-5-/t25-/m1/s1. The van der Waals surface area contributed by atoms with E-state index in [0.717, 1.165) is 83.5 Å². The summed E-state index contributed by atoms with van der Waals surface area (Å²) in [6.07, 6.45) is 17.4. The molecule has 2 atom stereocenters. The van der Waals surface area contributed by atoms with E-state index in [2.05, 4.69) is 26.0 Å². The van der Waals surface area contributed by atoms with Gasteiger partial charge in [0.2, 0.25) is 0 Å². The lowest BCUT2D eigenvalue weighted by Crippen LogP contribution is -2.29. The minimum absolute atomic E-state index is 0.0483. The zero-order valence-electron chi connectivity index (χ0n) is 22.6. The molecule has 0 radical (unpaired) electrons. The Morgan fingerprint density at radius 1 is 0.811 bits per heavy atom. The first-order chi connectivity index (χ1) is 17.8. The van der Waals surface area contributed by atoms with Crippen molar-refractivity contribution in [3.8, 4) is 0 Å². The predicted octanol–water partition coefficient (Wildman–Crippen LogP) is 6.00. The molecule has 0 fully saturated rings. The van der Waals surface area contributed by atoms with Crippen molar-refractivity contribution in [1.29, 1.82) is 0 Å². The Balaban J connectivity index is 4.40. The van der Waals surface area contributed by atoms with Crippen LogP contribution in [0.25, 0.3) is 0 Å². The molecule has 0 heterocycles. The number of phosphoric ester groups is 1. The molecule has 3 N–H and O–H groups in total. The monoisotopic (exact) mass is 547 g/mol. The van der Waals surface area contributed by atoms with Gasteiger partial charge in [-0.15, -0.1) is 6.08 Å². The summed E-state index contributed by atoms with van der Waals surface area (Å²) in [5.74, 6) is -0.878. The van der Waals surface area contributed by atoms with E-state index < -0.39 is 32.5 Å². The molecule has 0 saturated carbocycles. The average Bonchev–Trinajstić information content (AvgIpc) is 2.87. The topological polar surface area (TPSA) is 134 Å². The molecule has 0 aromatic carbocycles. The van der Waals surface area contributed by atoms with E-state index in [1.54, 1.807) is 0 Å². The van der Waals surface area contributed by atoms with Gasteiger partial charge in [0, 0.05) is 19.4 Å². The maximum absolute atomic E-state index is 12.3. The van der Waals surface area contributed by atoms with E-state index in [1.165, 1.54) is 0 Å². The summed E-state index contributed by atoms with van der Waals surface area (Å²) < 4.78 is 32.2. The third-order valence-corrected chi connectivity index (χ3v) is 6.47. The molecule has 1 unspecified atom stereocenters. The number of rotatable bonds is 26. The molecule has 0 aliphatic heterocycles. The average molecular weight is 548 g/mol. The molecular weight excluding hydrogens is 497 g/mol.